The first-order valence-corrected chi connectivity index (χ1v) is 38.0. The van der Waals surface area contributed by atoms with Crippen molar-refractivity contribution in [3.05, 3.63) is 0 Å². The number of hydrogen-bond acceptors (Lipinski definition) is 21. The Morgan fingerprint density at radius 1 is 0.268 bits per heavy atom. The van der Waals surface area contributed by atoms with Crippen molar-refractivity contribution >= 4 is 59.7 Å². The molecule has 0 aromatic rings. The van der Waals surface area contributed by atoms with E-state index in [0.717, 1.165) is 76.5 Å². The summed E-state index contributed by atoms with van der Waals surface area (Å²) in [4.78, 5) is 121. The van der Waals surface area contributed by atoms with Crippen molar-refractivity contribution < 1.29 is 100 Å². The van der Waals surface area contributed by atoms with E-state index in [-0.39, 0.29) is 117 Å². The standard InChI is InChI=1S/C76H134O21/c1-6-39-64(2)40-27-28-51-76(4,5)62-65(3)63-97-75(87)50-26-16-38-61-96-74(86)49-25-15-37-60-95-73(85)48-24-14-36-59-94-72(84)47-23-13-35-58-93-71(83)46-22-12-34-57-92-70(82)45-21-11-33-56-91-69(81)44-20-10-32-55-90-68(80)43-19-9-31-54-89-67(79)42-18-8-30-53-88-66(78)41-17-7-29-52-77/h64-65,77H,6-63H2,1-5H3. The van der Waals surface area contributed by atoms with E-state index in [9.17, 15) is 47.9 Å². The minimum absolute atomic E-state index is 0.131. The van der Waals surface area contributed by atoms with Gasteiger partial charge in [0.1, 0.15) is 0 Å². The fraction of sp³-hybridized carbons (Fsp3) is 0.868. The summed E-state index contributed by atoms with van der Waals surface area (Å²) in [5.41, 5.74) is 0.240. The summed E-state index contributed by atoms with van der Waals surface area (Å²) in [6, 6.07) is 0. The monoisotopic (exact) mass is 1380 g/mol. The molecule has 0 aromatic heterocycles. The Bertz CT molecular complexity index is 2030. The molecular formula is C76H134O21. The topological polar surface area (TPSA) is 283 Å². The van der Waals surface area contributed by atoms with Gasteiger partial charge in [0, 0.05) is 70.8 Å². The zero-order chi connectivity index (χ0) is 71.5. The highest BCUT2D eigenvalue weighted by Gasteiger charge is 2.22. The summed E-state index contributed by atoms with van der Waals surface area (Å²) < 4.78 is 53.2. The number of aliphatic hydroxyl groups excluding tert-OH is 1. The van der Waals surface area contributed by atoms with Gasteiger partial charge < -0.3 is 52.5 Å². The molecule has 2 atom stereocenters. The Balaban J connectivity index is 3.56. The molecule has 0 bridgehead atoms. The number of rotatable bonds is 70. The zero-order valence-corrected chi connectivity index (χ0v) is 61.3. The molecule has 0 aromatic carbocycles. The van der Waals surface area contributed by atoms with Crippen molar-refractivity contribution in [2.24, 2.45) is 17.3 Å². The lowest BCUT2D eigenvalue weighted by molar-refractivity contribution is -0.146. The predicted octanol–water partition coefficient (Wildman–Crippen LogP) is 16.1. The fourth-order valence-electron chi connectivity index (χ4n) is 11.0. The smallest absolute Gasteiger partial charge is 0.305 e. The van der Waals surface area contributed by atoms with E-state index in [4.69, 9.17) is 52.5 Å². The second kappa shape index (κ2) is 66.5. The Hall–Kier alpha value is -5.34. The molecule has 97 heavy (non-hydrogen) atoms. The van der Waals surface area contributed by atoms with Gasteiger partial charge >= 0.3 is 59.7 Å². The molecule has 0 fully saturated rings. The molecular weight excluding hydrogens is 1250 g/mol. The van der Waals surface area contributed by atoms with Crippen LogP contribution < -0.4 is 0 Å². The molecule has 0 radical (unpaired) electrons. The maximum absolute atomic E-state index is 12.3. The maximum Gasteiger partial charge on any atom is 0.305 e. The van der Waals surface area contributed by atoms with Crippen LogP contribution in [0.3, 0.4) is 0 Å². The molecule has 0 saturated heterocycles. The third-order valence-corrected chi connectivity index (χ3v) is 16.6. The highest BCUT2D eigenvalue weighted by atomic mass is 16.6. The van der Waals surface area contributed by atoms with E-state index in [2.05, 4.69) is 34.6 Å². The number of carbonyl (C=O) groups is 10. The van der Waals surface area contributed by atoms with E-state index in [1.165, 1.54) is 38.5 Å². The van der Waals surface area contributed by atoms with Crippen LogP contribution in [0, 0.1) is 17.3 Å². The normalized spacial score (nSPS) is 11.9. The van der Waals surface area contributed by atoms with Gasteiger partial charge in [-0.05, 0) is 216 Å². The first-order valence-electron chi connectivity index (χ1n) is 38.0. The Morgan fingerprint density at radius 2 is 0.485 bits per heavy atom. The molecule has 0 amide bonds. The fourth-order valence-corrected chi connectivity index (χ4v) is 11.0. The molecule has 0 aliphatic heterocycles. The van der Waals surface area contributed by atoms with Gasteiger partial charge in [0.2, 0.25) is 0 Å². The van der Waals surface area contributed by atoms with Crippen molar-refractivity contribution in [3.63, 3.8) is 0 Å². The van der Waals surface area contributed by atoms with Gasteiger partial charge in [-0.1, -0.05) is 73.1 Å². The number of carbonyl (C=O) groups excluding carboxylic acids is 10. The number of esters is 10. The summed E-state index contributed by atoms with van der Waals surface area (Å²) in [7, 11) is 0. The van der Waals surface area contributed by atoms with Crippen LogP contribution in [0.5, 0.6) is 0 Å². The first-order chi connectivity index (χ1) is 46.8. The number of hydrogen-bond donors (Lipinski definition) is 1. The molecule has 21 nitrogen and oxygen atoms in total. The highest BCUT2D eigenvalue weighted by molar-refractivity contribution is 5.72. The van der Waals surface area contributed by atoms with E-state index in [0.29, 0.717) is 219 Å². The summed E-state index contributed by atoms with van der Waals surface area (Å²) in [6.45, 7) is 14.7. The molecule has 564 valence electrons. The molecule has 0 aliphatic carbocycles. The third kappa shape index (κ3) is 67.6. The lowest BCUT2D eigenvalue weighted by atomic mass is 9.79. The quantitative estimate of drug-likeness (QED) is 0.0336. The minimum Gasteiger partial charge on any atom is -0.466 e. The van der Waals surface area contributed by atoms with Crippen LogP contribution in [0.25, 0.3) is 0 Å². The van der Waals surface area contributed by atoms with E-state index in [1.54, 1.807) is 0 Å². The van der Waals surface area contributed by atoms with Gasteiger partial charge in [0.25, 0.3) is 0 Å². The van der Waals surface area contributed by atoms with Gasteiger partial charge in [-0.2, -0.15) is 0 Å². The van der Waals surface area contributed by atoms with Crippen LogP contribution in [0.2, 0.25) is 0 Å². The maximum atomic E-state index is 12.3. The molecule has 0 rings (SSSR count). The molecule has 0 heterocycles. The van der Waals surface area contributed by atoms with Crippen LogP contribution in [0.15, 0.2) is 0 Å². The van der Waals surface area contributed by atoms with Gasteiger partial charge in [-0.15, -0.1) is 0 Å². The number of aliphatic hydroxyl groups is 1. The van der Waals surface area contributed by atoms with Crippen molar-refractivity contribution in [1.29, 1.82) is 0 Å². The van der Waals surface area contributed by atoms with Gasteiger partial charge in [-0.25, -0.2) is 0 Å². The summed E-state index contributed by atoms with van der Waals surface area (Å²) in [5, 5.41) is 8.77. The van der Waals surface area contributed by atoms with Crippen LogP contribution >= 0.6 is 0 Å². The predicted molar refractivity (Wildman–Crippen MR) is 371 cm³/mol. The summed E-state index contributed by atoms with van der Waals surface area (Å²) in [5.74, 6) is -1.39. The van der Waals surface area contributed by atoms with E-state index >= 15 is 0 Å². The minimum atomic E-state index is -0.279. The highest BCUT2D eigenvalue weighted by Crippen LogP contribution is 2.32. The molecule has 21 heteroatoms. The van der Waals surface area contributed by atoms with Crippen molar-refractivity contribution in [3.8, 4) is 0 Å². The number of ether oxygens (including phenoxy) is 10. The molecule has 0 saturated carbocycles. The lowest BCUT2D eigenvalue weighted by Crippen LogP contribution is -2.20. The lowest BCUT2D eigenvalue weighted by Gasteiger charge is -2.28. The Kier molecular flexibility index (Phi) is 62.9. The molecule has 0 aliphatic rings. The second-order valence-electron chi connectivity index (χ2n) is 27.1. The SMILES string of the molecule is CCCC(C)CCCCC(C)(C)CC(C)COC(=O)CCCCCOC(=O)CCCCCOC(=O)CCCCCOC(=O)CCCCCOC(=O)CCCCCOC(=O)CCCCCOC(=O)CCCCCOC(=O)CCCCCOC(=O)CCCCCOC(=O)CCCCCO. The molecule has 2 unspecified atom stereocenters. The largest absolute Gasteiger partial charge is 0.466 e. The average Bonchev–Trinajstić information content (AvgIpc) is 1.43. The van der Waals surface area contributed by atoms with Gasteiger partial charge in [0.15, 0.2) is 0 Å². The van der Waals surface area contributed by atoms with Crippen LogP contribution in [0.4, 0.5) is 0 Å². The van der Waals surface area contributed by atoms with Crippen molar-refractivity contribution in [2.45, 2.75) is 336 Å². The van der Waals surface area contributed by atoms with Gasteiger partial charge in [0.05, 0.1) is 66.1 Å². The molecule has 0 spiro atoms. The summed E-state index contributed by atoms with van der Waals surface area (Å²) in [6.07, 6.45) is 32.4. The van der Waals surface area contributed by atoms with Crippen LogP contribution in [-0.4, -0.2) is 137 Å². The zero-order valence-electron chi connectivity index (χ0n) is 61.3. The Morgan fingerprint density at radius 3 is 0.701 bits per heavy atom. The summed E-state index contributed by atoms with van der Waals surface area (Å²) >= 11 is 0. The van der Waals surface area contributed by atoms with Crippen molar-refractivity contribution in [1.82, 2.24) is 0 Å². The van der Waals surface area contributed by atoms with Crippen molar-refractivity contribution in [2.75, 3.05) is 72.7 Å². The first kappa shape index (κ1) is 91.7. The third-order valence-electron chi connectivity index (χ3n) is 16.6. The number of unbranched alkanes of at least 4 members (excludes halogenated alkanes) is 21. The second-order valence-corrected chi connectivity index (χ2v) is 27.1. The average molecular weight is 1380 g/mol. The Labute approximate surface area is 584 Å². The van der Waals surface area contributed by atoms with Crippen LogP contribution in [0.1, 0.15) is 336 Å². The molecule has 1 N–H and O–H groups in total. The van der Waals surface area contributed by atoms with E-state index in [1.807, 2.05) is 0 Å². The van der Waals surface area contributed by atoms with Gasteiger partial charge in [-0.3, -0.25) is 47.9 Å². The van der Waals surface area contributed by atoms with Crippen LogP contribution in [-0.2, 0) is 95.3 Å². The van der Waals surface area contributed by atoms with E-state index < -0.39 is 0 Å².